The number of hydrogen-bond donors (Lipinski definition) is 1. The Morgan fingerprint density at radius 2 is 1.88 bits per heavy atom. The van der Waals surface area contributed by atoms with Gasteiger partial charge >= 0.3 is 0 Å². The maximum absolute atomic E-state index is 11.9. The molecule has 0 atom stereocenters. The van der Waals surface area contributed by atoms with Crippen LogP contribution in [0.4, 0.5) is 0 Å². The van der Waals surface area contributed by atoms with Gasteiger partial charge in [0.05, 0.1) is 4.90 Å². The van der Waals surface area contributed by atoms with Gasteiger partial charge in [-0.1, -0.05) is 17.7 Å². The van der Waals surface area contributed by atoms with Crippen molar-refractivity contribution in [2.45, 2.75) is 31.2 Å². The SMILES string of the molecule is Cc1ccc2c(c1)C(C(C)(C)N)=CS2(=O)=O. The standard InChI is InChI=1S/C12H15NO2S/c1-8-4-5-11-9(6-8)10(12(2,3)13)7-16(11,14)15/h4-7H,13H2,1-3H3. The molecule has 0 aliphatic carbocycles. The smallest absolute Gasteiger partial charge is 0.200 e. The van der Waals surface area contributed by atoms with E-state index in [9.17, 15) is 8.42 Å². The first kappa shape index (κ1) is 11.4. The largest absolute Gasteiger partial charge is 0.322 e. The van der Waals surface area contributed by atoms with Gasteiger partial charge in [-0.3, -0.25) is 0 Å². The first-order chi connectivity index (χ1) is 7.22. The van der Waals surface area contributed by atoms with Gasteiger partial charge in [0.1, 0.15) is 0 Å². The lowest BCUT2D eigenvalue weighted by Crippen LogP contribution is -2.32. The fourth-order valence-electron chi connectivity index (χ4n) is 1.88. The van der Waals surface area contributed by atoms with E-state index in [1.807, 2.05) is 26.8 Å². The quantitative estimate of drug-likeness (QED) is 0.811. The summed E-state index contributed by atoms with van der Waals surface area (Å²) in [6.45, 7) is 5.56. The van der Waals surface area contributed by atoms with Gasteiger partial charge in [0.15, 0.2) is 0 Å². The van der Waals surface area contributed by atoms with Crippen LogP contribution in [0.1, 0.15) is 25.0 Å². The molecule has 0 saturated carbocycles. The van der Waals surface area contributed by atoms with Crippen LogP contribution in [0.25, 0.3) is 5.57 Å². The molecule has 1 aliphatic heterocycles. The van der Waals surface area contributed by atoms with Crippen molar-refractivity contribution in [1.82, 2.24) is 0 Å². The van der Waals surface area contributed by atoms with Gasteiger partial charge in [-0.05, 0) is 38.0 Å². The molecule has 4 heteroatoms. The summed E-state index contributed by atoms with van der Waals surface area (Å²) in [4.78, 5) is 0.367. The lowest BCUT2D eigenvalue weighted by molar-refractivity contribution is 0.605. The number of rotatable bonds is 1. The molecule has 1 aliphatic rings. The molecule has 0 radical (unpaired) electrons. The fraction of sp³-hybridized carbons (Fsp3) is 0.333. The summed E-state index contributed by atoms with van der Waals surface area (Å²) in [7, 11) is -3.30. The summed E-state index contributed by atoms with van der Waals surface area (Å²) in [5.74, 6) is 0. The number of aryl methyl sites for hydroxylation is 1. The third-order valence-corrected chi connectivity index (χ3v) is 4.21. The van der Waals surface area contributed by atoms with Crippen LogP contribution in [0, 0.1) is 6.92 Å². The average Bonchev–Trinajstić information content (AvgIpc) is 2.37. The lowest BCUT2D eigenvalue weighted by atomic mass is 9.90. The maximum Gasteiger partial charge on any atom is 0.200 e. The Balaban J connectivity index is 2.77. The van der Waals surface area contributed by atoms with Crippen LogP contribution in [0.15, 0.2) is 28.5 Å². The van der Waals surface area contributed by atoms with E-state index >= 15 is 0 Å². The topological polar surface area (TPSA) is 60.2 Å². The minimum absolute atomic E-state index is 0.367. The molecular weight excluding hydrogens is 222 g/mol. The molecule has 2 rings (SSSR count). The summed E-state index contributed by atoms with van der Waals surface area (Å²) in [6, 6.07) is 5.33. The number of nitrogens with two attached hydrogens (primary N) is 1. The minimum atomic E-state index is -3.30. The monoisotopic (exact) mass is 237 g/mol. The van der Waals surface area contributed by atoms with Crippen molar-refractivity contribution in [3.8, 4) is 0 Å². The molecule has 0 aromatic heterocycles. The first-order valence-corrected chi connectivity index (χ1v) is 6.63. The van der Waals surface area contributed by atoms with Gasteiger partial charge in [-0.25, -0.2) is 8.42 Å². The van der Waals surface area contributed by atoms with Crippen LogP contribution in [-0.4, -0.2) is 14.0 Å². The molecule has 1 aromatic carbocycles. The first-order valence-electron chi connectivity index (χ1n) is 5.09. The zero-order valence-electron chi connectivity index (χ0n) is 9.61. The molecule has 0 unspecified atom stereocenters. The van der Waals surface area contributed by atoms with E-state index in [1.54, 1.807) is 12.1 Å². The molecule has 1 aromatic rings. The van der Waals surface area contributed by atoms with Gasteiger partial charge in [0.25, 0.3) is 0 Å². The third kappa shape index (κ3) is 1.68. The molecule has 2 N–H and O–H groups in total. The van der Waals surface area contributed by atoms with Crippen LogP contribution < -0.4 is 5.73 Å². The van der Waals surface area contributed by atoms with Gasteiger partial charge in [0, 0.05) is 10.9 Å². The lowest BCUT2D eigenvalue weighted by Gasteiger charge is -2.20. The minimum Gasteiger partial charge on any atom is -0.322 e. The average molecular weight is 237 g/mol. The second kappa shape index (κ2) is 3.18. The summed E-state index contributed by atoms with van der Waals surface area (Å²) < 4.78 is 23.8. The summed E-state index contributed by atoms with van der Waals surface area (Å²) >= 11 is 0. The van der Waals surface area contributed by atoms with E-state index in [0.717, 1.165) is 11.1 Å². The molecule has 0 amide bonds. The van der Waals surface area contributed by atoms with E-state index in [4.69, 9.17) is 5.73 Å². The zero-order valence-corrected chi connectivity index (χ0v) is 10.4. The summed E-state index contributed by atoms with van der Waals surface area (Å²) in [6.07, 6.45) is 0. The van der Waals surface area contributed by atoms with Crippen molar-refractivity contribution in [1.29, 1.82) is 0 Å². The van der Waals surface area contributed by atoms with Crippen LogP contribution >= 0.6 is 0 Å². The second-order valence-electron chi connectivity index (χ2n) is 4.80. The Kier molecular flexibility index (Phi) is 2.26. The Morgan fingerprint density at radius 1 is 1.25 bits per heavy atom. The summed E-state index contributed by atoms with van der Waals surface area (Å²) in [5, 5.41) is 1.29. The van der Waals surface area contributed by atoms with Gasteiger partial charge < -0.3 is 5.73 Å². The molecule has 1 heterocycles. The third-order valence-electron chi connectivity index (χ3n) is 2.70. The van der Waals surface area contributed by atoms with Crippen molar-refractivity contribution in [2.75, 3.05) is 0 Å². The predicted octanol–water partition coefficient (Wildman–Crippen LogP) is 1.86. The van der Waals surface area contributed by atoms with E-state index in [1.165, 1.54) is 5.41 Å². The zero-order chi connectivity index (χ0) is 12.1. The second-order valence-corrected chi connectivity index (χ2v) is 6.56. The van der Waals surface area contributed by atoms with Gasteiger partial charge in [0.2, 0.25) is 9.84 Å². The van der Waals surface area contributed by atoms with E-state index in [-0.39, 0.29) is 0 Å². The van der Waals surface area contributed by atoms with Crippen molar-refractivity contribution in [3.63, 3.8) is 0 Å². The number of hydrogen-bond acceptors (Lipinski definition) is 3. The molecule has 0 fully saturated rings. The van der Waals surface area contributed by atoms with Crippen molar-refractivity contribution in [3.05, 3.63) is 34.7 Å². The molecule has 3 nitrogen and oxygen atoms in total. The van der Waals surface area contributed by atoms with E-state index in [2.05, 4.69) is 0 Å². The molecule has 0 bridgehead atoms. The Labute approximate surface area is 95.9 Å². The number of sulfone groups is 1. The van der Waals surface area contributed by atoms with E-state index < -0.39 is 15.4 Å². The van der Waals surface area contributed by atoms with Crippen LogP contribution in [0.2, 0.25) is 0 Å². The van der Waals surface area contributed by atoms with E-state index in [0.29, 0.717) is 10.5 Å². The van der Waals surface area contributed by atoms with Crippen molar-refractivity contribution in [2.24, 2.45) is 5.73 Å². The fourth-order valence-corrected chi connectivity index (χ4v) is 3.48. The van der Waals surface area contributed by atoms with Crippen molar-refractivity contribution >= 4 is 15.4 Å². The van der Waals surface area contributed by atoms with Crippen LogP contribution in [-0.2, 0) is 9.84 Å². The summed E-state index contributed by atoms with van der Waals surface area (Å²) in [5.41, 5.74) is 7.81. The Bertz CT molecular complexity index is 578. The van der Waals surface area contributed by atoms with Gasteiger partial charge in [-0.15, -0.1) is 0 Å². The highest BCUT2D eigenvalue weighted by molar-refractivity contribution is 7.95. The normalized spacial score (nSPS) is 18.1. The molecule has 0 saturated heterocycles. The molecular formula is C12H15NO2S. The number of fused-ring (bicyclic) bond motifs is 1. The molecule has 16 heavy (non-hydrogen) atoms. The van der Waals surface area contributed by atoms with Crippen LogP contribution in [0.5, 0.6) is 0 Å². The maximum atomic E-state index is 11.9. The van der Waals surface area contributed by atoms with Crippen LogP contribution in [0.3, 0.4) is 0 Å². The molecule has 0 spiro atoms. The highest BCUT2D eigenvalue weighted by Crippen LogP contribution is 2.38. The number of benzene rings is 1. The highest BCUT2D eigenvalue weighted by atomic mass is 32.2. The highest BCUT2D eigenvalue weighted by Gasteiger charge is 2.33. The van der Waals surface area contributed by atoms with Crippen molar-refractivity contribution < 1.29 is 8.42 Å². The molecule has 86 valence electrons. The Morgan fingerprint density at radius 3 is 2.44 bits per heavy atom. The predicted molar refractivity (Wildman–Crippen MR) is 64.6 cm³/mol. The van der Waals surface area contributed by atoms with Gasteiger partial charge in [-0.2, -0.15) is 0 Å². The Hall–Kier alpha value is -1.13.